The second-order valence-corrected chi connectivity index (χ2v) is 4.30. The lowest BCUT2D eigenvalue weighted by Crippen LogP contribution is -1.98. The van der Waals surface area contributed by atoms with E-state index in [0.717, 1.165) is 30.2 Å². The Balaban J connectivity index is 1.66. The number of fused-ring (bicyclic) bond motifs is 1. The number of hydrogen-bond donors (Lipinski definition) is 2. The van der Waals surface area contributed by atoms with E-state index >= 15 is 0 Å². The van der Waals surface area contributed by atoms with Crippen molar-refractivity contribution in [2.45, 2.75) is 19.6 Å². The predicted octanol–water partition coefficient (Wildman–Crippen LogP) is 2.32. The van der Waals surface area contributed by atoms with Gasteiger partial charge in [0.25, 0.3) is 0 Å². The fourth-order valence-electron chi connectivity index (χ4n) is 2.09. The van der Waals surface area contributed by atoms with E-state index in [1.54, 1.807) is 6.07 Å². The summed E-state index contributed by atoms with van der Waals surface area (Å²) in [6.45, 7) is 1.33. The van der Waals surface area contributed by atoms with Crippen LogP contribution in [0.4, 0.5) is 5.69 Å². The second kappa shape index (κ2) is 4.74. The molecule has 0 amide bonds. The van der Waals surface area contributed by atoms with Gasteiger partial charge in [0.05, 0.1) is 13.2 Å². The molecule has 0 aliphatic carbocycles. The topological polar surface area (TPSA) is 54.6 Å². The lowest BCUT2D eigenvalue weighted by atomic mass is 10.1. The molecule has 2 heterocycles. The molecule has 0 unspecified atom stereocenters. The Morgan fingerprint density at radius 1 is 1.17 bits per heavy atom. The molecule has 3 rings (SSSR count). The molecule has 0 saturated carbocycles. The van der Waals surface area contributed by atoms with Gasteiger partial charge < -0.3 is 19.6 Å². The number of benzene rings is 1. The van der Waals surface area contributed by atoms with Gasteiger partial charge in [0.15, 0.2) is 0 Å². The van der Waals surface area contributed by atoms with Crippen molar-refractivity contribution in [3.8, 4) is 5.75 Å². The fourth-order valence-corrected chi connectivity index (χ4v) is 2.09. The Hall–Kier alpha value is -1.94. The first kappa shape index (κ1) is 11.2. The molecule has 0 radical (unpaired) electrons. The molecule has 2 aromatic rings. The molecule has 1 aromatic carbocycles. The minimum atomic E-state index is -0.0593. The van der Waals surface area contributed by atoms with Crippen molar-refractivity contribution >= 4 is 5.69 Å². The van der Waals surface area contributed by atoms with Gasteiger partial charge in [-0.05, 0) is 35.9 Å². The zero-order chi connectivity index (χ0) is 12.4. The summed E-state index contributed by atoms with van der Waals surface area (Å²) in [6.07, 6.45) is 0.972. The third-order valence-corrected chi connectivity index (χ3v) is 3.03. The van der Waals surface area contributed by atoms with Gasteiger partial charge in [-0.3, -0.25) is 0 Å². The van der Waals surface area contributed by atoms with Crippen molar-refractivity contribution < 1.29 is 14.3 Å². The zero-order valence-electron chi connectivity index (χ0n) is 9.98. The van der Waals surface area contributed by atoms with Crippen LogP contribution in [0.25, 0.3) is 0 Å². The smallest absolute Gasteiger partial charge is 0.129 e. The molecule has 0 bridgehead atoms. The van der Waals surface area contributed by atoms with Crippen LogP contribution in [0.1, 0.15) is 17.1 Å². The van der Waals surface area contributed by atoms with Gasteiger partial charge in [0.2, 0.25) is 0 Å². The quantitative estimate of drug-likeness (QED) is 0.868. The van der Waals surface area contributed by atoms with Crippen LogP contribution >= 0.6 is 0 Å². The maximum Gasteiger partial charge on any atom is 0.129 e. The molecule has 0 atom stereocenters. The first-order chi connectivity index (χ1) is 8.85. The highest BCUT2D eigenvalue weighted by Gasteiger charge is 2.11. The van der Waals surface area contributed by atoms with E-state index < -0.39 is 0 Å². The van der Waals surface area contributed by atoms with E-state index in [1.165, 1.54) is 5.56 Å². The highest BCUT2D eigenvalue weighted by Crippen LogP contribution is 2.28. The van der Waals surface area contributed by atoms with Crippen LogP contribution in [0.5, 0.6) is 5.75 Å². The Labute approximate surface area is 105 Å². The lowest BCUT2D eigenvalue weighted by Gasteiger charge is -2.06. The van der Waals surface area contributed by atoms with Crippen LogP contribution in [0.3, 0.4) is 0 Å². The predicted molar refractivity (Wildman–Crippen MR) is 67.6 cm³/mol. The molecule has 0 fully saturated rings. The van der Waals surface area contributed by atoms with Crippen molar-refractivity contribution in [2.24, 2.45) is 0 Å². The number of rotatable bonds is 4. The van der Waals surface area contributed by atoms with Crippen LogP contribution < -0.4 is 10.1 Å². The van der Waals surface area contributed by atoms with E-state index in [-0.39, 0.29) is 6.61 Å². The highest BCUT2D eigenvalue weighted by molar-refractivity contribution is 5.52. The molecule has 4 nitrogen and oxygen atoms in total. The van der Waals surface area contributed by atoms with Crippen LogP contribution in [0, 0.1) is 0 Å². The summed E-state index contributed by atoms with van der Waals surface area (Å²) >= 11 is 0. The molecule has 0 saturated heterocycles. The molecule has 1 aromatic heterocycles. The third-order valence-electron chi connectivity index (χ3n) is 3.03. The van der Waals surface area contributed by atoms with Crippen LogP contribution in [-0.4, -0.2) is 11.7 Å². The second-order valence-electron chi connectivity index (χ2n) is 4.30. The lowest BCUT2D eigenvalue weighted by molar-refractivity contribution is 0.244. The summed E-state index contributed by atoms with van der Waals surface area (Å²) in [5.41, 5.74) is 2.30. The summed E-state index contributed by atoms with van der Waals surface area (Å²) in [4.78, 5) is 0. The molecule has 1 aliphatic heterocycles. The maximum absolute atomic E-state index is 8.91. The van der Waals surface area contributed by atoms with Gasteiger partial charge in [-0.15, -0.1) is 0 Å². The van der Waals surface area contributed by atoms with E-state index in [9.17, 15) is 0 Å². The van der Waals surface area contributed by atoms with E-state index in [2.05, 4.69) is 11.4 Å². The van der Waals surface area contributed by atoms with E-state index in [0.29, 0.717) is 12.3 Å². The average Bonchev–Trinajstić information content (AvgIpc) is 3.04. The van der Waals surface area contributed by atoms with E-state index in [1.807, 2.05) is 18.2 Å². The standard InChI is InChI=1S/C14H15NO3/c16-9-13-3-2-12(18-13)8-15-11-1-4-14-10(7-11)5-6-17-14/h1-4,7,15-16H,5-6,8-9H2. The Kier molecular flexibility index (Phi) is 2.94. The number of anilines is 1. The molecule has 1 aliphatic rings. The number of ether oxygens (including phenoxy) is 1. The zero-order valence-corrected chi connectivity index (χ0v) is 9.98. The Morgan fingerprint density at radius 2 is 2.06 bits per heavy atom. The molecule has 0 spiro atoms. The largest absolute Gasteiger partial charge is 0.493 e. The first-order valence-electron chi connectivity index (χ1n) is 6.03. The molecule has 2 N–H and O–H groups in total. The van der Waals surface area contributed by atoms with Gasteiger partial charge in [0, 0.05) is 12.1 Å². The number of aliphatic hydroxyl groups is 1. The number of aliphatic hydroxyl groups excluding tert-OH is 1. The molecular formula is C14H15NO3. The highest BCUT2D eigenvalue weighted by atomic mass is 16.5. The van der Waals surface area contributed by atoms with Crippen molar-refractivity contribution in [3.63, 3.8) is 0 Å². The van der Waals surface area contributed by atoms with Crippen molar-refractivity contribution in [1.82, 2.24) is 0 Å². The van der Waals surface area contributed by atoms with Gasteiger partial charge in [0.1, 0.15) is 23.9 Å². The Bertz CT molecular complexity index is 548. The molecule has 94 valence electrons. The van der Waals surface area contributed by atoms with Crippen LogP contribution in [0.2, 0.25) is 0 Å². The maximum atomic E-state index is 8.91. The van der Waals surface area contributed by atoms with Gasteiger partial charge in [-0.2, -0.15) is 0 Å². The minimum absolute atomic E-state index is 0.0593. The number of nitrogens with one attached hydrogen (secondary N) is 1. The summed E-state index contributed by atoms with van der Waals surface area (Å²) in [5.74, 6) is 2.39. The van der Waals surface area contributed by atoms with Crippen LogP contribution in [0.15, 0.2) is 34.7 Å². The van der Waals surface area contributed by atoms with Crippen molar-refractivity contribution in [1.29, 1.82) is 0 Å². The molecule has 4 heteroatoms. The molecular weight excluding hydrogens is 230 g/mol. The fraction of sp³-hybridized carbons (Fsp3) is 0.286. The Morgan fingerprint density at radius 3 is 2.89 bits per heavy atom. The van der Waals surface area contributed by atoms with Crippen LogP contribution in [-0.2, 0) is 19.6 Å². The SMILES string of the molecule is OCc1ccc(CNc2ccc3c(c2)CCO3)o1. The average molecular weight is 245 g/mol. The normalized spacial score (nSPS) is 13.2. The summed E-state index contributed by atoms with van der Waals surface area (Å²) < 4.78 is 10.9. The number of furan rings is 1. The van der Waals surface area contributed by atoms with Gasteiger partial charge in [-0.25, -0.2) is 0 Å². The minimum Gasteiger partial charge on any atom is -0.493 e. The van der Waals surface area contributed by atoms with Gasteiger partial charge in [-0.1, -0.05) is 0 Å². The summed E-state index contributed by atoms with van der Waals surface area (Å²) in [6, 6.07) is 9.76. The van der Waals surface area contributed by atoms with Crippen molar-refractivity contribution in [3.05, 3.63) is 47.4 Å². The molecule has 18 heavy (non-hydrogen) atoms. The summed E-state index contributed by atoms with van der Waals surface area (Å²) in [5, 5.41) is 12.2. The summed E-state index contributed by atoms with van der Waals surface area (Å²) in [7, 11) is 0. The monoisotopic (exact) mass is 245 g/mol. The van der Waals surface area contributed by atoms with Gasteiger partial charge >= 0.3 is 0 Å². The van der Waals surface area contributed by atoms with E-state index in [4.69, 9.17) is 14.3 Å². The number of hydrogen-bond acceptors (Lipinski definition) is 4. The third kappa shape index (κ3) is 2.19. The first-order valence-corrected chi connectivity index (χ1v) is 6.03. The van der Waals surface area contributed by atoms with Crippen molar-refractivity contribution in [2.75, 3.05) is 11.9 Å².